The molecule has 0 bridgehead atoms. The van der Waals surface area contributed by atoms with Crippen molar-refractivity contribution in [3.05, 3.63) is 30.3 Å². The summed E-state index contributed by atoms with van der Waals surface area (Å²) in [7, 11) is 1.78. The number of hydrogen-bond acceptors (Lipinski definition) is 5. The minimum Gasteiger partial charge on any atom is -0.428 e. The first-order valence-electron chi connectivity index (χ1n) is 5.15. The molecule has 1 aromatic rings. The van der Waals surface area contributed by atoms with Crippen molar-refractivity contribution in [3.8, 4) is 0 Å². The quantitative estimate of drug-likeness (QED) is 0.568. The lowest BCUT2D eigenvalue weighted by atomic mass is 10.3. The standard InChI is InChI=1S/C12H15NO4/c1-10(14)16-9-17-12(15)8-13(2)11-6-4-3-5-7-11/h3-7H,8-9H2,1-2H3. The van der Waals surface area contributed by atoms with Gasteiger partial charge in [0.15, 0.2) is 0 Å². The van der Waals surface area contributed by atoms with Gasteiger partial charge in [-0.15, -0.1) is 0 Å². The predicted octanol–water partition coefficient (Wildman–Crippen LogP) is 1.19. The fourth-order valence-corrected chi connectivity index (χ4v) is 1.19. The van der Waals surface area contributed by atoms with Crippen LogP contribution in [0.1, 0.15) is 6.92 Å². The van der Waals surface area contributed by atoms with E-state index in [-0.39, 0.29) is 13.3 Å². The molecule has 0 saturated carbocycles. The van der Waals surface area contributed by atoms with Gasteiger partial charge >= 0.3 is 11.9 Å². The molecule has 0 unspecified atom stereocenters. The minimum atomic E-state index is -0.478. The largest absolute Gasteiger partial charge is 0.428 e. The molecule has 5 heteroatoms. The van der Waals surface area contributed by atoms with E-state index in [1.165, 1.54) is 6.92 Å². The lowest BCUT2D eigenvalue weighted by Gasteiger charge is -2.17. The van der Waals surface area contributed by atoms with Crippen molar-refractivity contribution in [1.82, 2.24) is 0 Å². The van der Waals surface area contributed by atoms with Gasteiger partial charge in [0, 0.05) is 19.7 Å². The molecule has 0 spiro atoms. The van der Waals surface area contributed by atoms with Crippen molar-refractivity contribution in [1.29, 1.82) is 0 Å². The highest BCUT2D eigenvalue weighted by atomic mass is 16.7. The Morgan fingerprint density at radius 1 is 1.18 bits per heavy atom. The topological polar surface area (TPSA) is 55.8 Å². The van der Waals surface area contributed by atoms with E-state index >= 15 is 0 Å². The van der Waals surface area contributed by atoms with E-state index in [2.05, 4.69) is 4.74 Å². The van der Waals surface area contributed by atoms with Crippen molar-refractivity contribution in [3.63, 3.8) is 0 Å². The normalized spacial score (nSPS) is 9.53. The van der Waals surface area contributed by atoms with Crippen LogP contribution in [0.4, 0.5) is 5.69 Å². The van der Waals surface area contributed by atoms with Crippen LogP contribution in [0, 0.1) is 0 Å². The number of carbonyl (C=O) groups is 2. The Morgan fingerprint density at radius 2 is 1.82 bits per heavy atom. The van der Waals surface area contributed by atoms with Crippen molar-refractivity contribution >= 4 is 17.6 Å². The zero-order chi connectivity index (χ0) is 12.7. The second-order valence-corrected chi connectivity index (χ2v) is 3.46. The van der Waals surface area contributed by atoms with Gasteiger partial charge in [0.25, 0.3) is 0 Å². The van der Waals surface area contributed by atoms with Gasteiger partial charge in [0.2, 0.25) is 6.79 Å². The third-order valence-corrected chi connectivity index (χ3v) is 2.05. The first kappa shape index (κ1) is 13.0. The second-order valence-electron chi connectivity index (χ2n) is 3.46. The van der Waals surface area contributed by atoms with Crippen molar-refractivity contribution in [2.75, 3.05) is 25.3 Å². The Bertz CT molecular complexity index is 377. The van der Waals surface area contributed by atoms with Crippen LogP contribution >= 0.6 is 0 Å². The molecule has 5 nitrogen and oxygen atoms in total. The molecule has 1 rings (SSSR count). The monoisotopic (exact) mass is 237 g/mol. The molecule has 0 heterocycles. The van der Waals surface area contributed by atoms with Gasteiger partial charge in [-0.05, 0) is 12.1 Å². The average molecular weight is 237 g/mol. The number of likely N-dealkylation sites (N-methyl/N-ethyl adjacent to an activating group) is 1. The molecule has 1 aromatic carbocycles. The molecule has 0 saturated heterocycles. The van der Waals surface area contributed by atoms with Crippen LogP contribution in [0.15, 0.2) is 30.3 Å². The van der Waals surface area contributed by atoms with Gasteiger partial charge in [-0.2, -0.15) is 0 Å². The van der Waals surface area contributed by atoms with E-state index in [4.69, 9.17) is 4.74 Å². The summed E-state index contributed by atoms with van der Waals surface area (Å²) in [5.41, 5.74) is 0.914. The second kappa shape index (κ2) is 6.52. The highest BCUT2D eigenvalue weighted by Crippen LogP contribution is 2.10. The van der Waals surface area contributed by atoms with Crippen LogP contribution in [0.5, 0.6) is 0 Å². The minimum absolute atomic E-state index is 0.102. The number of para-hydroxylation sites is 1. The maximum absolute atomic E-state index is 11.4. The fourth-order valence-electron chi connectivity index (χ4n) is 1.19. The van der Waals surface area contributed by atoms with Gasteiger partial charge in [0.05, 0.1) is 0 Å². The van der Waals surface area contributed by atoms with Crippen LogP contribution in [0.3, 0.4) is 0 Å². The first-order valence-corrected chi connectivity index (χ1v) is 5.15. The summed E-state index contributed by atoms with van der Waals surface area (Å²) < 4.78 is 9.22. The Morgan fingerprint density at radius 3 is 2.41 bits per heavy atom. The summed E-state index contributed by atoms with van der Waals surface area (Å²) in [6, 6.07) is 9.45. The van der Waals surface area contributed by atoms with Crippen molar-refractivity contribution in [2.45, 2.75) is 6.92 Å². The molecule has 0 N–H and O–H groups in total. The van der Waals surface area contributed by atoms with Crippen molar-refractivity contribution < 1.29 is 19.1 Å². The molecular formula is C12H15NO4. The number of nitrogens with zero attached hydrogens (tertiary/aromatic N) is 1. The lowest BCUT2D eigenvalue weighted by molar-refractivity contribution is -0.164. The van der Waals surface area contributed by atoms with Crippen LogP contribution in [-0.4, -0.2) is 32.3 Å². The van der Waals surface area contributed by atoms with Crippen molar-refractivity contribution in [2.24, 2.45) is 0 Å². The summed E-state index contributed by atoms with van der Waals surface area (Å²) in [6.45, 7) is 1.02. The Labute approximate surface area is 99.9 Å². The summed E-state index contributed by atoms with van der Waals surface area (Å²) in [4.78, 5) is 23.5. The van der Waals surface area contributed by atoms with E-state index in [1.807, 2.05) is 30.3 Å². The van der Waals surface area contributed by atoms with E-state index < -0.39 is 11.9 Å². The van der Waals surface area contributed by atoms with Crippen LogP contribution in [0.25, 0.3) is 0 Å². The van der Waals surface area contributed by atoms with E-state index in [9.17, 15) is 9.59 Å². The van der Waals surface area contributed by atoms with E-state index in [1.54, 1.807) is 11.9 Å². The Hall–Kier alpha value is -2.04. The number of hydrogen-bond donors (Lipinski definition) is 0. The number of ether oxygens (including phenoxy) is 2. The third kappa shape index (κ3) is 5.01. The molecule has 0 aromatic heterocycles. The Balaban J connectivity index is 2.34. The molecular weight excluding hydrogens is 222 g/mol. The molecule has 0 aliphatic heterocycles. The molecule has 17 heavy (non-hydrogen) atoms. The molecule has 0 atom stereocenters. The summed E-state index contributed by atoms with van der Waals surface area (Å²) in [6.07, 6.45) is 0. The zero-order valence-electron chi connectivity index (χ0n) is 9.88. The maximum atomic E-state index is 11.4. The van der Waals surface area contributed by atoms with Gasteiger partial charge in [0.1, 0.15) is 6.54 Å². The fraction of sp³-hybridized carbons (Fsp3) is 0.333. The van der Waals surface area contributed by atoms with Gasteiger partial charge < -0.3 is 14.4 Å². The number of rotatable bonds is 5. The summed E-state index contributed by atoms with van der Waals surface area (Å²) in [5.74, 6) is -0.924. The molecule has 0 aliphatic rings. The van der Waals surface area contributed by atoms with Gasteiger partial charge in [-0.25, -0.2) is 0 Å². The lowest BCUT2D eigenvalue weighted by Crippen LogP contribution is -2.27. The van der Waals surface area contributed by atoms with E-state index in [0.29, 0.717) is 0 Å². The van der Waals surface area contributed by atoms with Crippen LogP contribution < -0.4 is 4.90 Å². The average Bonchev–Trinajstić information content (AvgIpc) is 2.29. The predicted molar refractivity (Wildman–Crippen MR) is 62.4 cm³/mol. The van der Waals surface area contributed by atoms with E-state index in [0.717, 1.165) is 5.69 Å². The van der Waals surface area contributed by atoms with Crippen LogP contribution in [-0.2, 0) is 19.1 Å². The highest BCUT2D eigenvalue weighted by Gasteiger charge is 2.08. The SMILES string of the molecule is CC(=O)OCOC(=O)CN(C)c1ccccc1. The smallest absolute Gasteiger partial charge is 0.328 e. The number of anilines is 1. The maximum Gasteiger partial charge on any atom is 0.328 e. The van der Waals surface area contributed by atoms with Crippen LogP contribution in [0.2, 0.25) is 0 Å². The number of esters is 2. The third-order valence-electron chi connectivity index (χ3n) is 2.05. The molecule has 0 amide bonds. The summed E-state index contributed by atoms with van der Waals surface area (Å²) in [5, 5.41) is 0. The van der Waals surface area contributed by atoms with Gasteiger partial charge in [-0.1, -0.05) is 18.2 Å². The summed E-state index contributed by atoms with van der Waals surface area (Å²) >= 11 is 0. The van der Waals surface area contributed by atoms with Gasteiger partial charge in [-0.3, -0.25) is 9.59 Å². The zero-order valence-corrected chi connectivity index (χ0v) is 9.88. The molecule has 0 aliphatic carbocycles. The molecule has 0 radical (unpaired) electrons. The Kier molecular flexibility index (Phi) is 5.00. The number of benzene rings is 1. The molecule has 92 valence electrons. The highest BCUT2D eigenvalue weighted by molar-refractivity contribution is 5.75. The first-order chi connectivity index (χ1) is 8.09. The number of carbonyl (C=O) groups excluding carboxylic acids is 2. The molecule has 0 fully saturated rings.